The molecule has 0 aliphatic rings. The average molecular weight is 445 g/mol. The van der Waals surface area contributed by atoms with E-state index < -0.39 is 12.0 Å². The van der Waals surface area contributed by atoms with Crippen molar-refractivity contribution >= 4 is 56.4 Å². The number of hydrogen-bond donors (Lipinski definition) is 3. The van der Waals surface area contributed by atoms with E-state index in [1.807, 2.05) is 24.3 Å². The van der Waals surface area contributed by atoms with Gasteiger partial charge in [0, 0.05) is 10.4 Å². The molecule has 3 aromatic rings. The highest BCUT2D eigenvalue weighted by molar-refractivity contribution is 7.80. The van der Waals surface area contributed by atoms with Crippen molar-refractivity contribution in [2.45, 2.75) is 12.5 Å². The van der Waals surface area contributed by atoms with Gasteiger partial charge in [0.25, 0.3) is 0 Å². The number of methoxy groups -OCH3 is 2. The summed E-state index contributed by atoms with van der Waals surface area (Å²) in [6, 6.07) is 14.0. The first-order chi connectivity index (χ1) is 14.4. The van der Waals surface area contributed by atoms with Crippen LogP contribution in [0.5, 0.6) is 5.75 Å². The normalized spacial score (nSPS) is 11.5. The summed E-state index contributed by atoms with van der Waals surface area (Å²) in [6.07, 6.45) is -0.152. The number of fused-ring (bicyclic) bond motifs is 1. The first kappa shape index (κ1) is 21.5. The molecule has 0 aliphatic carbocycles. The Morgan fingerprint density at radius 3 is 2.67 bits per heavy atom. The topological polar surface area (TPSA) is 96.9 Å². The predicted molar refractivity (Wildman–Crippen MR) is 121 cm³/mol. The number of esters is 1. The number of carbonyl (C=O) groups is 2. The Morgan fingerprint density at radius 2 is 1.97 bits per heavy atom. The standard InChI is InChI=1S/C21H20N2O5S2/c1-27-15-5-3-4-12(9-15)16(11-19(24)25)23-21(29)22-14-6-7-17-13(8-14)10-18(30-17)20(26)28-2/h3-10,16H,11H2,1-2H3,(H,24,25)(H2,22,23,29)/t16-/m1/s1. The van der Waals surface area contributed by atoms with Gasteiger partial charge in [0.2, 0.25) is 0 Å². The average Bonchev–Trinajstić information content (AvgIpc) is 3.15. The van der Waals surface area contributed by atoms with Crippen LogP contribution in [0.1, 0.15) is 27.7 Å². The number of ether oxygens (including phenoxy) is 2. The van der Waals surface area contributed by atoms with Gasteiger partial charge in [-0.25, -0.2) is 4.79 Å². The summed E-state index contributed by atoms with van der Waals surface area (Å²) in [7, 11) is 2.90. The number of aliphatic carboxylic acids is 1. The molecular weight excluding hydrogens is 424 g/mol. The van der Waals surface area contributed by atoms with Crippen molar-refractivity contribution in [2.24, 2.45) is 0 Å². The number of benzene rings is 2. The van der Waals surface area contributed by atoms with Gasteiger partial charge in [0.15, 0.2) is 5.11 Å². The number of thiocarbonyl (C=S) groups is 1. The number of hydrogen-bond acceptors (Lipinski definition) is 6. The van der Waals surface area contributed by atoms with E-state index in [9.17, 15) is 14.7 Å². The van der Waals surface area contributed by atoms with Gasteiger partial charge >= 0.3 is 11.9 Å². The number of carboxylic acid groups (broad SMARTS) is 1. The van der Waals surface area contributed by atoms with Crippen molar-refractivity contribution < 1.29 is 24.2 Å². The van der Waals surface area contributed by atoms with E-state index in [0.717, 1.165) is 15.6 Å². The van der Waals surface area contributed by atoms with Gasteiger partial charge in [-0.2, -0.15) is 0 Å². The van der Waals surface area contributed by atoms with E-state index in [0.29, 0.717) is 16.3 Å². The molecule has 2 aromatic carbocycles. The quantitative estimate of drug-likeness (QED) is 0.369. The van der Waals surface area contributed by atoms with Crippen LogP contribution >= 0.6 is 23.6 Å². The number of nitrogens with one attached hydrogen (secondary N) is 2. The Labute approximate surface area is 182 Å². The molecule has 9 heteroatoms. The highest BCUT2D eigenvalue weighted by Gasteiger charge is 2.18. The van der Waals surface area contributed by atoms with Gasteiger partial charge in [-0.05, 0) is 59.6 Å². The van der Waals surface area contributed by atoms with Crippen LogP contribution in [0.2, 0.25) is 0 Å². The van der Waals surface area contributed by atoms with E-state index in [1.165, 1.54) is 18.4 Å². The highest BCUT2D eigenvalue weighted by atomic mass is 32.1. The maximum absolute atomic E-state index is 11.7. The Kier molecular flexibility index (Phi) is 6.86. The van der Waals surface area contributed by atoms with Crippen molar-refractivity contribution in [1.29, 1.82) is 0 Å². The number of carbonyl (C=O) groups excluding carboxylic acids is 1. The molecule has 3 N–H and O–H groups in total. The summed E-state index contributed by atoms with van der Waals surface area (Å²) in [4.78, 5) is 23.6. The molecule has 156 valence electrons. The second kappa shape index (κ2) is 9.55. The predicted octanol–water partition coefficient (Wildman–Crippen LogP) is 4.20. The second-order valence-corrected chi connectivity index (χ2v) is 7.87. The molecule has 0 unspecified atom stereocenters. The van der Waals surface area contributed by atoms with Crippen LogP contribution in [-0.2, 0) is 9.53 Å². The molecule has 0 radical (unpaired) electrons. The molecule has 0 amide bonds. The van der Waals surface area contributed by atoms with Crippen molar-refractivity contribution in [2.75, 3.05) is 19.5 Å². The molecule has 1 atom stereocenters. The van der Waals surface area contributed by atoms with Gasteiger partial charge in [-0.3, -0.25) is 4.79 Å². The van der Waals surface area contributed by atoms with Crippen LogP contribution in [0.25, 0.3) is 10.1 Å². The molecular formula is C21H20N2O5S2. The number of anilines is 1. The molecule has 7 nitrogen and oxygen atoms in total. The van der Waals surface area contributed by atoms with E-state index in [-0.39, 0.29) is 17.5 Å². The minimum atomic E-state index is -0.951. The summed E-state index contributed by atoms with van der Waals surface area (Å²) in [6.45, 7) is 0. The maximum atomic E-state index is 11.7. The summed E-state index contributed by atoms with van der Waals surface area (Å²) < 4.78 is 10.9. The van der Waals surface area contributed by atoms with Gasteiger partial charge in [0.05, 0.1) is 26.7 Å². The zero-order valence-electron chi connectivity index (χ0n) is 16.3. The second-order valence-electron chi connectivity index (χ2n) is 6.38. The minimum Gasteiger partial charge on any atom is -0.497 e. The van der Waals surface area contributed by atoms with E-state index in [4.69, 9.17) is 21.7 Å². The van der Waals surface area contributed by atoms with Crippen LogP contribution in [0, 0.1) is 0 Å². The van der Waals surface area contributed by atoms with E-state index >= 15 is 0 Å². The molecule has 0 spiro atoms. The number of thiophene rings is 1. The lowest BCUT2D eigenvalue weighted by atomic mass is 10.0. The Hall–Kier alpha value is -3.17. The molecule has 0 bridgehead atoms. The lowest BCUT2D eigenvalue weighted by Crippen LogP contribution is -2.33. The third-order valence-corrected chi connectivity index (χ3v) is 5.66. The minimum absolute atomic E-state index is 0.152. The third kappa shape index (κ3) is 5.25. The Balaban J connectivity index is 1.75. The summed E-state index contributed by atoms with van der Waals surface area (Å²) in [5.41, 5.74) is 1.46. The molecule has 30 heavy (non-hydrogen) atoms. The van der Waals surface area contributed by atoms with Gasteiger partial charge in [-0.15, -0.1) is 11.3 Å². The first-order valence-electron chi connectivity index (χ1n) is 8.94. The summed E-state index contributed by atoms with van der Waals surface area (Å²) in [5.74, 6) is -0.696. The fourth-order valence-electron chi connectivity index (χ4n) is 2.93. The zero-order valence-corrected chi connectivity index (χ0v) is 17.9. The van der Waals surface area contributed by atoms with Crippen LogP contribution < -0.4 is 15.4 Å². The molecule has 1 heterocycles. The van der Waals surface area contributed by atoms with Crippen molar-refractivity contribution in [3.05, 3.63) is 59.0 Å². The van der Waals surface area contributed by atoms with Crippen molar-refractivity contribution in [3.63, 3.8) is 0 Å². The fraction of sp³-hybridized carbons (Fsp3) is 0.190. The SMILES string of the molecule is COC(=O)c1cc2cc(NC(=S)N[C@H](CC(=O)O)c3cccc(OC)c3)ccc2s1. The van der Waals surface area contributed by atoms with Gasteiger partial charge < -0.3 is 25.2 Å². The van der Waals surface area contributed by atoms with Crippen molar-refractivity contribution in [3.8, 4) is 5.75 Å². The molecule has 0 aliphatic heterocycles. The third-order valence-electron chi connectivity index (χ3n) is 4.34. The highest BCUT2D eigenvalue weighted by Crippen LogP contribution is 2.29. The smallest absolute Gasteiger partial charge is 0.348 e. The van der Waals surface area contributed by atoms with Crippen LogP contribution in [0.4, 0.5) is 5.69 Å². The Bertz CT molecular complexity index is 1100. The zero-order chi connectivity index (χ0) is 21.7. The van der Waals surface area contributed by atoms with Gasteiger partial charge in [0.1, 0.15) is 10.6 Å². The molecule has 0 saturated heterocycles. The van der Waals surface area contributed by atoms with Crippen molar-refractivity contribution in [1.82, 2.24) is 5.32 Å². The monoisotopic (exact) mass is 444 g/mol. The molecule has 3 rings (SSSR count). The van der Waals surface area contributed by atoms with Gasteiger partial charge in [-0.1, -0.05) is 12.1 Å². The number of carboxylic acids is 1. The van der Waals surface area contributed by atoms with E-state index in [1.54, 1.807) is 31.4 Å². The van der Waals surface area contributed by atoms with Crippen LogP contribution in [-0.4, -0.2) is 36.4 Å². The van der Waals surface area contributed by atoms with Crippen LogP contribution in [0.15, 0.2) is 48.5 Å². The lowest BCUT2D eigenvalue weighted by molar-refractivity contribution is -0.137. The summed E-state index contributed by atoms with van der Waals surface area (Å²) >= 11 is 6.74. The molecule has 1 aromatic heterocycles. The largest absolute Gasteiger partial charge is 0.497 e. The molecule has 0 fully saturated rings. The first-order valence-corrected chi connectivity index (χ1v) is 10.2. The number of rotatable bonds is 7. The maximum Gasteiger partial charge on any atom is 0.348 e. The fourth-order valence-corrected chi connectivity index (χ4v) is 4.15. The summed E-state index contributed by atoms with van der Waals surface area (Å²) in [5, 5.41) is 16.6. The van der Waals surface area contributed by atoms with E-state index in [2.05, 4.69) is 10.6 Å². The van der Waals surface area contributed by atoms with Crippen LogP contribution in [0.3, 0.4) is 0 Å². The Morgan fingerprint density at radius 1 is 1.17 bits per heavy atom. The lowest BCUT2D eigenvalue weighted by Gasteiger charge is -2.20. The molecule has 0 saturated carbocycles.